The number of rotatable bonds is 3. The van der Waals surface area contributed by atoms with E-state index in [1.807, 2.05) is 31.3 Å². The van der Waals surface area contributed by atoms with Crippen molar-refractivity contribution < 1.29 is 14.3 Å². The number of hydrogen-bond acceptors (Lipinski definition) is 3. The zero-order valence-electron chi connectivity index (χ0n) is 11.2. The van der Waals surface area contributed by atoms with Crippen molar-refractivity contribution in [3.05, 3.63) is 24.3 Å². The quantitative estimate of drug-likeness (QED) is 0.836. The molecular formula is C15H19NO3. The molecule has 1 saturated carbocycles. The molecule has 1 aliphatic heterocycles. The van der Waals surface area contributed by atoms with E-state index in [2.05, 4.69) is 0 Å². The average Bonchev–Trinajstić information content (AvgIpc) is 2.36. The van der Waals surface area contributed by atoms with Crippen molar-refractivity contribution in [2.45, 2.75) is 25.4 Å². The molecule has 1 unspecified atom stereocenters. The average molecular weight is 261 g/mol. The van der Waals surface area contributed by atoms with Crippen LogP contribution in [-0.2, 0) is 4.79 Å². The van der Waals surface area contributed by atoms with Gasteiger partial charge in [0, 0.05) is 13.0 Å². The first-order chi connectivity index (χ1) is 9.24. The molecule has 1 heterocycles. The Kier molecular flexibility index (Phi) is 3.32. The van der Waals surface area contributed by atoms with Gasteiger partial charge in [0.25, 0.3) is 0 Å². The van der Waals surface area contributed by atoms with Crippen molar-refractivity contribution >= 4 is 5.91 Å². The lowest BCUT2D eigenvalue weighted by molar-refractivity contribution is -0.138. The summed E-state index contributed by atoms with van der Waals surface area (Å²) < 4.78 is 11.5. The molecule has 0 radical (unpaired) electrons. The van der Waals surface area contributed by atoms with Gasteiger partial charge in [-0.1, -0.05) is 18.6 Å². The fourth-order valence-electron chi connectivity index (χ4n) is 2.52. The zero-order chi connectivity index (χ0) is 13.2. The zero-order valence-corrected chi connectivity index (χ0v) is 11.2. The smallest absolute Gasteiger partial charge is 0.225 e. The molecule has 19 heavy (non-hydrogen) atoms. The second-order valence-electron chi connectivity index (χ2n) is 5.34. The van der Waals surface area contributed by atoms with Crippen LogP contribution in [0, 0.1) is 5.92 Å². The molecule has 0 saturated heterocycles. The van der Waals surface area contributed by atoms with Gasteiger partial charge in [0.05, 0.1) is 6.54 Å². The number of amides is 1. The van der Waals surface area contributed by atoms with Gasteiger partial charge in [0.2, 0.25) is 5.91 Å². The van der Waals surface area contributed by atoms with Crippen molar-refractivity contribution in [2.75, 3.05) is 20.2 Å². The molecule has 1 atom stereocenters. The minimum atomic E-state index is -0.0797. The number of ether oxygens (including phenoxy) is 2. The van der Waals surface area contributed by atoms with Crippen LogP contribution in [0.5, 0.6) is 11.5 Å². The van der Waals surface area contributed by atoms with E-state index in [0.29, 0.717) is 13.2 Å². The summed E-state index contributed by atoms with van der Waals surface area (Å²) in [5.74, 6) is 2.03. The number of hydrogen-bond donors (Lipinski definition) is 0. The van der Waals surface area contributed by atoms with Crippen LogP contribution >= 0.6 is 0 Å². The van der Waals surface area contributed by atoms with Crippen LogP contribution in [-0.4, -0.2) is 37.1 Å². The van der Waals surface area contributed by atoms with Crippen molar-refractivity contribution in [3.8, 4) is 11.5 Å². The highest BCUT2D eigenvalue weighted by atomic mass is 16.6. The Morgan fingerprint density at radius 2 is 2.05 bits per heavy atom. The second kappa shape index (κ2) is 5.11. The first-order valence-electron chi connectivity index (χ1n) is 6.87. The Labute approximate surface area is 113 Å². The van der Waals surface area contributed by atoms with E-state index < -0.39 is 0 Å². The van der Waals surface area contributed by atoms with E-state index in [4.69, 9.17) is 9.47 Å². The van der Waals surface area contributed by atoms with E-state index in [9.17, 15) is 4.79 Å². The monoisotopic (exact) mass is 261 g/mol. The number of benzene rings is 1. The Balaban J connectivity index is 1.58. The second-order valence-corrected chi connectivity index (χ2v) is 5.34. The summed E-state index contributed by atoms with van der Waals surface area (Å²) in [6, 6.07) is 7.65. The van der Waals surface area contributed by atoms with Crippen LogP contribution < -0.4 is 9.47 Å². The standard InChI is InChI=1S/C15H19NO3/c1-16(15(17)11-5-4-6-11)9-12-10-18-13-7-2-3-8-14(13)19-12/h2-3,7-8,11-12H,4-6,9-10H2,1H3. The highest BCUT2D eigenvalue weighted by Crippen LogP contribution is 2.31. The van der Waals surface area contributed by atoms with Gasteiger partial charge >= 0.3 is 0 Å². The number of nitrogens with zero attached hydrogens (tertiary/aromatic N) is 1. The van der Waals surface area contributed by atoms with E-state index in [1.54, 1.807) is 4.90 Å². The minimum Gasteiger partial charge on any atom is -0.486 e. The van der Waals surface area contributed by atoms with Crippen LogP contribution in [0.2, 0.25) is 0 Å². The summed E-state index contributed by atoms with van der Waals surface area (Å²) in [4.78, 5) is 13.9. The van der Waals surface area contributed by atoms with Gasteiger partial charge in [0.1, 0.15) is 6.61 Å². The lowest BCUT2D eigenvalue weighted by Crippen LogP contribution is -2.44. The molecule has 4 heteroatoms. The Bertz CT molecular complexity index is 470. The topological polar surface area (TPSA) is 38.8 Å². The van der Waals surface area contributed by atoms with Gasteiger partial charge in [-0.15, -0.1) is 0 Å². The fourth-order valence-corrected chi connectivity index (χ4v) is 2.52. The molecule has 3 rings (SSSR count). The maximum atomic E-state index is 12.1. The molecule has 0 aromatic heterocycles. The first-order valence-corrected chi connectivity index (χ1v) is 6.87. The molecule has 1 amide bonds. The molecule has 1 aromatic rings. The summed E-state index contributed by atoms with van der Waals surface area (Å²) in [7, 11) is 1.85. The first kappa shape index (κ1) is 12.3. The molecule has 0 bridgehead atoms. The number of likely N-dealkylation sites (N-methyl/N-ethyl adjacent to an activating group) is 1. The van der Waals surface area contributed by atoms with Gasteiger partial charge in [-0.25, -0.2) is 0 Å². The largest absolute Gasteiger partial charge is 0.486 e. The molecule has 4 nitrogen and oxygen atoms in total. The summed E-state index contributed by atoms with van der Waals surface area (Å²) in [5, 5.41) is 0. The van der Waals surface area contributed by atoms with E-state index in [1.165, 1.54) is 6.42 Å². The normalized spacial score (nSPS) is 21.6. The maximum absolute atomic E-state index is 12.1. The van der Waals surface area contributed by atoms with Crippen LogP contribution in [0.3, 0.4) is 0 Å². The maximum Gasteiger partial charge on any atom is 0.225 e. The van der Waals surface area contributed by atoms with Gasteiger partial charge in [-0.3, -0.25) is 4.79 Å². The Morgan fingerprint density at radius 1 is 1.32 bits per heavy atom. The third-order valence-corrected chi connectivity index (χ3v) is 3.88. The predicted octanol–water partition coefficient (Wildman–Crippen LogP) is 2.08. The van der Waals surface area contributed by atoms with E-state index in [0.717, 1.165) is 24.3 Å². The summed E-state index contributed by atoms with van der Waals surface area (Å²) >= 11 is 0. The summed E-state index contributed by atoms with van der Waals surface area (Å²) in [6.07, 6.45) is 3.17. The molecule has 1 aromatic carbocycles. The highest BCUT2D eigenvalue weighted by Gasteiger charge is 2.30. The third kappa shape index (κ3) is 2.53. The summed E-state index contributed by atoms with van der Waals surface area (Å²) in [5.41, 5.74) is 0. The lowest BCUT2D eigenvalue weighted by Gasteiger charge is -2.33. The van der Waals surface area contributed by atoms with Crippen LogP contribution in [0.25, 0.3) is 0 Å². The molecule has 0 N–H and O–H groups in total. The number of carbonyl (C=O) groups is 1. The van der Waals surface area contributed by atoms with E-state index >= 15 is 0 Å². The molecule has 1 fully saturated rings. The molecular weight excluding hydrogens is 242 g/mol. The van der Waals surface area contributed by atoms with Crippen molar-refractivity contribution in [1.82, 2.24) is 4.90 Å². The molecule has 1 aliphatic carbocycles. The predicted molar refractivity (Wildman–Crippen MR) is 71.3 cm³/mol. The van der Waals surface area contributed by atoms with E-state index in [-0.39, 0.29) is 17.9 Å². The molecule has 0 spiro atoms. The van der Waals surface area contributed by atoms with Crippen LogP contribution in [0.15, 0.2) is 24.3 Å². The third-order valence-electron chi connectivity index (χ3n) is 3.88. The Hall–Kier alpha value is -1.71. The number of para-hydroxylation sites is 2. The van der Waals surface area contributed by atoms with Crippen LogP contribution in [0.1, 0.15) is 19.3 Å². The number of carbonyl (C=O) groups excluding carboxylic acids is 1. The van der Waals surface area contributed by atoms with Crippen molar-refractivity contribution in [3.63, 3.8) is 0 Å². The van der Waals surface area contributed by atoms with Gasteiger partial charge in [-0.05, 0) is 25.0 Å². The Morgan fingerprint density at radius 3 is 2.74 bits per heavy atom. The minimum absolute atomic E-state index is 0.0797. The lowest BCUT2D eigenvalue weighted by atomic mass is 9.84. The van der Waals surface area contributed by atoms with Gasteiger partial charge in [-0.2, -0.15) is 0 Å². The van der Waals surface area contributed by atoms with Crippen molar-refractivity contribution in [1.29, 1.82) is 0 Å². The summed E-state index contributed by atoms with van der Waals surface area (Å²) in [6.45, 7) is 1.09. The highest BCUT2D eigenvalue weighted by molar-refractivity contribution is 5.79. The van der Waals surface area contributed by atoms with Crippen molar-refractivity contribution in [2.24, 2.45) is 5.92 Å². The van der Waals surface area contributed by atoms with Gasteiger partial charge < -0.3 is 14.4 Å². The number of fused-ring (bicyclic) bond motifs is 1. The SMILES string of the molecule is CN(CC1COc2ccccc2O1)C(=O)C1CCC1. The molecule has 2 aliphatic rings. The van der Waals surface area contributed by atoms with Crippen LogP contribution in [0.4, 0.5) is 0 Å². The molecule has 102 valence electrons. The van der Waals surface area contributed by atoms with Gasteiger partial charge in [0.15, 0.2) is 17.6 Å². The fraction of sp³-hybridized carbons (Fsp3) is 0.533.